The number of aromatic nitrogens is 2. The molecule has 1 fully saturated rings. The Kier molecular flexibility index (Phi) is 5.18. The Morgan fingerprint density at radius 1 is 1.32 bits per heavy atom. The molecule has 3 rings (SSSR count). The van der Waals surface area contributed by atoms with Gasteiger partial charge >= 0.3 is 6.18 Å². The van der Waals surface area contributed by atoms with E-state index in [2.05, 4.69) is 28.9 Å². The van der Waals surface area contributed by atoms with Gasteiger partial charge in [0.25, 0.3) is 0 Å². The highest BCUT2D eigenvalue weighted by Crippen LogP contribution is 2.36. The molecule has 0 bridgehead atoms. The number of piperidine rings is 1. The molecule has 1 atom stereocenters. The number of nitrogens with zero attached hydrogens (tertiary/aromatic N) is 2. The van der Waals surface area contributed by atoms with Gasteiger partial charge in [0.1, 0.15) is 0 Å². The summed E-state index contributed by atoms with van der Waals surface area (Å²) >= 11 is 0. The summed E-state index contributed by atoms with van der Waals surface area (Å²) in [4.78, 5) is 2.44. The Hall–Kier alpha value is -1.82. The second-order valence-electron chi connectivity index (χ2n) is 7.27. The summed E-state index contributed by atoms with van der Waals surface area (Å²) in [5.41, 5.74) is 1.68. The highest BCUT2D eigenvalue weighted by molar-refractivity contribution is 5.66. The maximum absolute atomic E-state index is 13.0. The molecule has 3 nitrogen and oxygen atoms in total. The lowest BCUT2D eigenvalue weighted by atomic mass is 9.90. The van der Waals surface area contributed by atoms with E-state index in [1.54, 1.807) is 12.3 Å². The minimum atomic E-state index is -4.33. The van der Waals surface area contributed by atoms with Crippen LogP contribution in [0.3, 0.4) is 0 Å². The standard InChI is InChI=1S/C19H24F3N3/c1-13(2)11-25-8-4-6-15(12-25)18-17(10-23-24-18)14-5-3-7-16(9-14)19(20,21)22/h3,5,7,9-10,13,15H,4,6,8,11-12H2,1-2H3,(H,23,24). The fraction of sp³-hybridized carbons (Fsp3) is 0.526. The zero-order valence-corrected chi connectivity index (χ0v) is 14.6. The minimum Gasteiger partial charge on any atom is -0.302 e. The van der Waals surface area contributed by atoms with Crippen LogP contribution in [-0.2, 0) is 6.18 Å². The lowest BCUT2D eigenvalue weighted by Gasteiger charge is -2.33. The number of H-pyrrole nitrogens is 1. The van der Waals surface area contributed by atoms with E-state index in [1.165, 1.54) is 12.1 Å². The summed E-state index contributed by atoms with van der Waals surface area (Å²) in [7, 11) is 0. The summed E-state index contributed by atoms with van der Waals surface area (Å²) in [6.07, 6.45) is -0.563. The molecule has 2 heterocycles. The zero-order chi connectivity index (χ0) is 18.0. The van der Waals surface area contributed by atoms with Gasteiger partial charge in [0.2, 0.25) is 0 Å². The van der Waals surface area contributed by atoms with Gasteiger partial charge in [0.15, 0.2) is 0 Å². The van der Waals surface area contributed by atoms with E-state index < -0.39 is 11.7 Å². The summed E-state index contributed by atoms with van der Waals surface area (Å²) in [5.74, 6) is 0.878. The van der Waals surface area contributed by atoms with Crippen LogP contribution in [0.1, 0.15) is 43.9 Å². The van der Waals surface area contributed by atoms with Gasteiger partial charge < -0.3 is 4.90 Å². The highest BCUT2D eigenvalue weighted by atomic mass is 19.4. The summed E-state index contributed by atoms with van der Waals surface area (Å²) in [6, 6.07) is 5.50. The molecule has 1 aliphatic heterocycles. The number of nitrogens with one attached hydrogen (secondary N) is 1. The molecule has 1 aromatic heterocycles. The van der Waals surface area contributed by atoms with E-state index in [-0.39, 0.29) is 5.92 Å². The number of rotatable bonds is 4. The van der Waals surface area contributed by atoms with Crippen LogP contribution in [0.5, 0.6) is 0 Å². The van der Waals surface area contributed by atoms with Gasteiger partial charge in [-0.1, -0.05) is 26.0 Å². The molecule has 2 aromatic rings. The lowest BCUT2D eigenvalue weighted by Crippen LogP contribution is -2.37. The summed E-state index contributed by atoms with van der Waals surface area (Å²) in [6.45, 7) is 7.46. The first-order valence-electron chi connectivity index (χ1n) is 8.78. The zero-order valence-electron chi connectivity index (χ0n) is 14.6. The largest absolute Gasteiger partial charge is 0.416 e. The summed E-state index contributed by atoms with van der Waals surface area (Å²) < 4.78 is 39.0. The quantitative estimate of drug-likeness (QED) is 0.847. The molecule has 1 unspecified atom stereocenters. The number of alkyl halides is 3. The predicted molar refractivity (Wildman–Crippen MR) is 92.3 cm³/mol. The SMILES string of the molecule is CC(C)CN1CCCC(c2[nH]ncc2-c2cccc(C(F)(F)F)c2)C1. The number of halogens is 3. The molecule has 0 amide bonds. The second-order valence-corrected chi connectivity index (χ2v) is 7.27. The van der Waals surface area contributed by atoms with Crippen LogP contribution in [0.25, 0.3) is 11.1 Å². The third kappa shape index (κ3) is 4.24. The molecule has 0 aliphatic carbocycles. The van der Waals surface area contributed by atoms with Crippen LogP contribution in [0, 0.1) is 5.92 Å². The van der Waals surface area contributed by atoms with Gasteiger partial charge in [-0.25, -0.2) is 0 Å². The minimum absolute atomic E-state index is 0.277. The Morgan fingerprint density at radius 2 is 2.12 bits per heavy atom. The van der Waals surface area contributed by atoms with Crippen molar-refractivity contribution in [1.82, 2.24) is 15.1 Å². The Morgan fingerprint density at radius 3 is 2.84 bits per heavy atom. The maximum Gasteiger partial charge on any atom is 0.416 e. The van der Waals surface area contributed by atoms with E-state index in [9.17, 15) is 13.2 Å². The maximum atomic E-state index is 13.0. The van der Waals surface area contributed by atoms with Crippen LogP contribution >= 0.6 is 0 Å². The number of aromatic amines is 1. The van der Waals surface area contributed by atoms with Crippen molar-refractivity contribution in [2.75, 3.05) is 19.6 Å². The predicted octanol–water partition coefficient (Wildman–Crippen LogP) is 4.93. The second kappa shape index (κ2) is 7.20. The normalized spacial score (nSPS) is 19.5. The molecule has 0 spiro atoms. The molecule has 1 N–H and O–H groups in total. The number of likely N-dealkylation sites (tertiary alicyclic amines) is 1. The lowest BCUT2D eigenvalue weighted by molar-refractivity contribution is -0.137. The Labute approximate surface area is 146 Å². The first-order valence-corrected chi connectivity index (χ1v) is 8.78. The first kappa shape index (κ1) is 18.0. The molecule has 0 radical (unpaired) electrons. The van der Waals surface area contributed by atoms with Crippen LogP contribution in [0.15, 0.2) is 30.5 Å². The molecular formula is C19H24F3N3. The van der Waals surface area contributed by atoms with E-state index in [0.717, 1.165) is 49.8 Å². The molecule has 1 aliphatic rings. The van der Waals surface area contributed by atoms with Gasteiger partial charge in [0.05, 0.1) is 11.8 Å². The molecular weight excluding hydrogens is 327 g/mol. The molecule has 136 valence electrons. The average molecular weight is 351 g/mol. The molecule has 1 saturated heterocycles. The monoisotopic (exact) mass is 351 g/mol. The van der Waals surface area contributed by atoms with Gasteiger partial charge in [-0.3, -0.25) is 5.10 Å². The third-order valence-electron chi connectivity index (χ3n) is 4.71. The van der Waals surface area contributed by atoms with Crippen molar-refractivity contribution >= 4 is 0 Å². The van der Waals surface area contributed by atoms with Crippen LogP contribution in [0.2, 0.25) is 0 Å². The summed E-state index contributed by atoms with van der Waals surface area (Å²) in [5, 5.41) is 7.17. The number of benzene rings is 1. The van der Waals surface area contributed by atoms with Crippen molar-refractivity contribution in [3.8, 4) is 11.1 Å². The smallest absolute Gasteiger partial charge is 0.302 e. The van der Waals surface area contributed by atoms with Crippen molar-refractivity contribution < 1.29 is 13.2 Å². The fourth-order valence-corrected chi connectivity index (χ4v) is 3.67. The topological polar surface area (TPSA) is 31.9 Å². The molecule has 25 heavy (non-hydrogen) atoms. The van der Waals surface area contributed by atoms with E-state index in [1.807, 2.05) is 0 Å². The van der Waals surface area contributed by atoms with Gasteiger partial charge in [0, 0.05) is 30.3 Å². The Balaban J connectivity index is 1.86. The van der Waals surface area contributed by atoms with Crippen LogP contribution in [-0.4, -0.2) is 34.7 Å². The van der Waals surface area contributed by atoms with Crippen LogP contribution < -0.4 is 0 Å². The third-order valence-corrected chi connectivity index (χ3v) is 4.71. The number of hydrogen-bond acceptors (Lipinski definition) is 2. The molecule has 6 heteroatoms. The van der Waals surface area contributed by atoms with Gasteiger partial charge in [-0.2, -0.15) is 18.3 Å². The van der Waals surface area contributed by atoms with Gasteiger partial charge in [-0.05, 0) is 43.0 Å². The van der Waals surface area contributed by atoms with Crippen molar-refractivity contribution in [3.05, 3.63) is 41.7 Å². The Bertz CT molecular complexity index is 706. The number of hydrogen-bond donors (Lipinski definition) is 1. The molecule has 1 aromatic carbocycles. The fourth-order valence-electron chi connectivity index (χ4n) is 3.67. The first-order chi connectivity index (χ1) is 11.8. The molecule has 0 saturated carbocycles. The highest BCUT2D eigenvalue weighted by Gasteiger charge is 2.31. The van der Waals surface area contributed by atoms with E-state index in [4.69, 9.17) is 0 Å². The van der Waals surface area contributed by atoms with Crippen molar-refractivity contribution in [3.63, 3.8) is 0 Å². The van der Waals surface area contributed by atoms with E-state index in [0.29, 0.717) is 11.5 Å². The van der Waals surface area contributed by atoms with Gasteiger partial charge in [-0.15, -0.1) is 0 Å². The van der Waals surface area contributed by atoms with Crippen LogP contribution in [0.4, 0.5) is 13.2 Å². The van der Waals surface area contributed by atoms with Crippen molar-refractivity contribution in [1.29, 1.82) is 0 Å². The van der Waals surface area contributed by atoms with E-state index >= 15 is 0 Å². The average Bonchev–Trinajstić information content (AvgIpc) is 3.03. The van der Waals surface area contributed by atoms with Crippen molar-refractivity contribution in [2.24, 2.45) is 5.92 Å². The van der Waals surface area contributed by atoms with Crippen molar-refractivity contribution in [2.45, 2.75) is 38.8 Å².